The molecular weight excluding hydrogens is 372 g/mol. The molecule has 2 aliphatic rings. The van der Waals surface area contributed by atoms with Crippen LogP contribution in [0.4, 0.5) is 0 Å². The first-order valence-corrected chi connectivity index (χ1v) is 10.4. The summed E-state index contributed by atoms with van der Waals surface area (Å²) in [5.41, 5.74) is 1.07. The van der Waals surface area contributed by atoms with E-state index < -0.39 is 18.5 Å². The molecule has 7 atom stereocenters. The third kappa shape index (κ3) is 5.66. The van der Waals surface area contributed by atoms with E-state index >= 15 is 0 Å². The van der Waals surface area contributed by atoms with Crippen molar-refractivity contribution in [3.8, 4) is 0 Å². The third-order valence-electron chi connectivity index (χ3n) is 5.78. The van der Waals surface area contributed by atoms with Gasteiger partial charge in [0.05, 0.1) is 37.9 Å². The van der Waals surface area contributed by atoms with E-state index in [1.165, 1.54) is 7.11 Å². The van der Waals surface area contributed by atoms with Gasteiger partial charge in [-0.15, -0.1) is 0 Å². The molecule has 5 unspecified atom stereocenters. The molecule has 1 aromatic rings. The van der Waals surface area contributed by atoms with Crippen molar-refractivity contribution in [2.75, 3.05) is 7.11 Å². The second-order valence-electron chi connectivity index (χ2n) is 7.88. The number of ether oxygens (including phenoxy) is 4. The van der Waals surface area contributed by atoms with E-state index in [0.717, 1.165) is 12.0 Å². The molecule has 0 saturated heterocycles. The van der Waals surface area contributed by atoms with E-state index in [4.69, 9.17) is 18.9 Å². The fourth-order valence-electron chi connectivity index (χ4n) is 4.15. The maximum Gasteiger partial charge on any atom is 0.308 e. The third-order valence-corrected chi connectivity index (χ3v) is 5.78. The maximum atomic E-state index is 12.0. The Labute approximate surface area is 172 Å². The number of methoxy groups -OCH3 is 1. The number of carbonyl (C=O) groups excluding carboxylic acids is 1. The van der Waals surface area contributed by atoms with Gasteiger partial charge in [0.2, 0.25) is 0 Å². The van der Waals surface area contributed by atoms with Gasteiger partial charge < -0.3 is 24.1 Å². The van der Waals surface area contributed by atoms with Gasteiger partial charge in [0.1, 0.15) is 6.10 Å². The summed E-state index contributed by atoms with van der Waals surface area (Å²) in [6.07, 6.45) is 3.46. The van der Waals surface area contributed by atoms with Crippen LogP contribution in [0.2, 0.25) is 0 Å². The zero-order valence-electron chi connectivity index (χ0n) is 17.4. The summed E-state index contributed by atoms with van der Waals surface area (Å²) in [6.45, 7) is 4.44. The van der Waals surface area contributed by atoms with Crippen LogP contribution in [-0.4, -0.2) is 48.9 Å². The summed E-state index contributed by atoms with van der Waals surface area (Å²) in [4.78, 5) is 12.0. The number of hydrogen-bond donors (Lipinski definition) is 1. The number of rotatable bonds is 7. The highest BCUT2D eigenvalue weighted by Gasteiger charge is 2.42. The normalized spacial score (nSPS) is 34.7. The molecule has 1 saturated carbocycles. The summed E-state index contributed by atoms with van der Waals surface area (Å²) in [5.74, 6) is -0.519. The summed E-state index contributed by atoms with van der Waals surface area (Å²) in [7, 11) is 1.39. The SMILES string of the molecule is CC[C@@H]1CC(C(=O)OC)CC(O)C1OC1OC(C)C=C[C@@H]1OCc1ccccc1. The molecule has 0 amide bonds. The van der Waals surface area contributed by atoms with Crippen molar-refractivity contribution < 1.29 is 28.8 Å². The number of esters is 1. The van der Waals surface area contributed by atoms with Gasteiger partial charge in [0, 0.05) is 0 Å². The van der Waals surface area contributed by atoms with Crippen molar-refractivity contribution in [3.05, 3.63) is 48.0 Å². The lowest BCUT2D eigenvalue weighted by Crippen LogP contribution is -2.49. The Kier molecular flexibility index (Phi) is 7.84. The predicted octanol–water partition coefficient (Wildman–Crippen LogP) is 3.23. The summed E-state index contributed by atoms with van der Waals surface area (Å²) >= 11 is 0. The van der Waals surface area contributed by atoms with Crippen molar-refractivity contribution in [2.24, 2.45) is 11.8 Å². The van der Waals surface area contributed by atoms with Crippen molar-refractivity contribution in [2.45, 2.75) is 70.4 Å². The molecular formula is C23H32O6. The highest BCUT2D eigenvalue weighted by atomic mass is 16.7. The highest BCUT2D eigenvalue weighted by molar-refractivity contribution is 5.72. The standard InChI is InChI=1S/C23H32O6/c1-4-17-12-18(22(25)26-3)13-19(24)21(17)29-23-20(11-10-15(2)28-23)27-14-16-8-6-5-7-9-16/h5-11,15,17-21,23-24H,4,12-14H2,1-3H3/t15?,17-,18?,19?,20+,21?,23?/m1/s1. The maximum absolute atomic E-state index is 12.0. The van der Waals surface area contributed by atoms with Crippen LogP contribution < -0.4 is 0 Å². The van der Waals surface area contributed by atoms with Crippen LogP contribution in [0.3, 0.4) is 0 Å². The molecule has 29 heavy (non-hydrogen) atoms. The molecule has 1 aliphatic carbocycles. The largest absolute Gasteiger partial charge is 0.469 e. The molecule has 6 heteroatoms. The minimum Gasteiger partial charge on any atom is -0.469 e. The monoisotopic (exact) mass is 404 g/mol. The Morgan fingerprint density at radius 2 is 1.97 bits per heavy atom. The van der Waals surface area contributed by atoms with Gasteiger partial charge in [0.25, 0.3) is 0 Å². The second-order valence-corrected chi connectivity index (χ2v) is 7.88. The van der Waals surface area contributed by atoms with E-state index in [2.05, 4.69) is 0 Å². The van der Waals surface area contributed by atoms with Crippen LogP contribution in [0.15, 0.2) is 42.5 Å². The topological polar surface area (TPSA) is 74.2 Å². The molecule has 1 heterocycles. The van der Waals surface area contributed by atoms with E-state index in [1.807, 2.05) is 56.3 Å². The Bertz CT molecular complexity index is 675. The Morgan fingerprint density at radius 1 is 1.21 bits per heavy atom. The zero-order chi connectivity index (χ0) is 20.8. The van der Waals surface area contributed by atoms with Crippen LogP contribution in [0.1, 0.15) is 38.7 Å². The van der Waals surface area contributed by atoms with Crippen molar-refractivity contribution in [3.63, 3.8) is 0 Å². The predicted molar refractivity (Wildman–Crippen MR) is 108 cm³/mol. The van der Waals surface area contributed by atoms with E-state index in [9.17, 15) is 9.90 Å². The smallest absolute Gasteiger partial charge is 0.308 e. The number of carbonyl (C=O) groups is 1. The molecule has 0 spiro atoms. The zero-order valence-corrected chi connectivity index (χ0v) is 17.4. The van der Waals surface area contributed by atoms with Gasteiger partial charge in [-0.05, 0) is 31.2 Å². The van der Waals surface area contributed by atoms with Gasteiger partial charge in [-0.25, -0.2) is 0 Å². The fraction of sp³-hybridized carbons (Fsp3) is 0.609. The molecule has 160 valence electrons. The lowest BCUT2D eigenvalue weighted by atomic mass is 9.76. The van der Waals surface area contributed by atoms with Crippen LogP contribution in [0, 0.1) is 11.8 Å². The highest BCUT2D eigenvalue weighted by Crippen LogP contribution is 2.36. The van der Waals surface area contributed by atoms with E-state index in [1.54, 1.807) is 0 Å². The lowest BCUT2D eigenvalue weighted by molar-refractivity contribution is -0.261. The van der Waals surface area contributed by atoms with Crippen LogP contribution >= 0.6 is 0 Å². The number of benzene rings is 1. The minimum atomic E-state index is -0.752. The first kappa shape index (κ1) is 22.0. The van der Waals surface area contributed by atoms with Gasteiger partial charge in [-0.3, -0.25) is 4.79 Å². The molecule has 1 fully saturated rings. The molecule has 1 N–H and O–H groups in total. The quantitative estimate of drug-likeness (QED) is 0.556. The van der Waals surface area contributed by atoms with Crippen molar-refractivity contribution >= 4 is 5.97 Å². The van der Waals surface area contributed by atoms with Crippen molar-refractivity contribution in [1.82, 2.24) is 0 Å². The molecule has 0 bridgehead atoms. The van der Waals surface area contributed by atoms with E-state index in [0.29, 0.717) is 19.4 Å². The summed E-state index contributed by atoms with van der Waals surface area (Å²) in [5, 5.41) is 10.7. The lowest BCUT2D eigenvalue weighted by Gasteiger charge is -2.41. The van der Waals surface area contributed by atoms with Gasteiger partial charge in [0.15, 0.2) is 6.29 Å². The Hall–Kier alpha value is -1.73. The van der Waals surface area contributed by atoms with Gasteiger partial charge in [-0.1, -0.05) is 55.8 Å². The molecule has 1 aromatic carbocycles. The Balaban J connectivity index is 1.66. The first-order chi connectivity index (χ1) is 14.0. The minimum absolute atomic E-state index is 0.0439. The average Bonchev–Trinajstić information content (AvgIpc) is 2.74. The molecule has 1 aliphatic heterocycles. The summed E-state index contributed by atoms with van der Waals surface area (Å²) in [6, 6.07) is 9.94. The van der Waals surface area contributed by atoms with Crippen LogP contribution in [0.5, 0.6) is 0 Å². The molecule has 6 nitrogen and oxygen atoms in total. The molecule has 3 rings (SSSR count). The van der Waals surface area contributed by atoms with E-state index in [-0.39, 0.29) is 30.0 Å². The molecule has 0 aromatic heterocycles. The molecule has 0 radical (unpaired) electrons. The van der Waals surface area contributed by atoms with Gasteiger partial charge >= 0.3 is 5.97 Å². The second kappa shape index (κ2) is 10.3. The number of hydrogen-bond acceptors (Lipinski definition) is 6. The Morgan fingerprint density at radius 3 is 2.66 bits per heavy atom. The van der Waals surface area contributed by atoms with Crippen LogP contribution in [0.25, 0.3) is 0 Å². The first-order valence-electron chi connectivity index (χ1n) is 10.4. The number of aliphatic hydroxyl groups is 1. The number of aliphatic hydroxyl groups excluding tert-OH is 1. The van der Waals surface area contributed by atoms with Crippen molar-refractivity contribution in [1.29, 1.82) is 0 Å². The van der Waals surface area contributed by atoms with Gasteiger partial charge in [-0.2, -0.15) is 0 Å². The summed E-state index contributed by atoms with van der Waals surface area (Å²) < 4.78 is 23.2. The van der Waals surface area contributed by atoms with Crippen LogP contribution in [-0.2, 0) is 30.3 Å². The average molecular weight is 405 g/mol. The fourth-order valence-corrected chi connectivity index (χ4v) is 4.15.